The normalized spacial score (nSPS) is 12.1. The molecule has 0 aliphatic rings. The van der Waals surface area contributed by atoms with Crippen LogP contribution in [0.3, 0.4) is 0 Å². The molecule has 0 aliphatic heterocycles. The Kier molecular flexibility index (Phi) is 5.70. The van der Waals surface area contributed by atoms with Crippen molar-refractivity contribution in [2.24, 2.45) is 17.8 Å². The summed E-state index contributed by atoms with van der Waals surface area (Å²) in [5.41, 5.74) is 6.43. The summed E-state index contributed by atoms with van der Waals surface area (Å²) in [6.45, 7) is 6.52. The highest BCUT2D eigenvalue weighted by Crippen LogP contribution is 1.98. The van der Waals surface area contributed by atoms with Crippen molar-refractivity contribution in [1.29, 1.82) is 0 Å². The minimum atomic E-state index is -0.0735. The van der Waals surface area contributed by atoms with Crippen LogP contribution in [0.15, 0.2) is 11.2 Å². The van der Waals surface area contributed by atoms with E-state index in [1.807, 2.05) is 20.8 Å². The van der Waals surface area contributed by atoms with Gasteiger partial charge >= 0.3 is 0 Å². The van der Waals surface area contributed by atoms with Gasteiger partial charge in [-0.25, -0.2) is 4.99 Å². The number of hydrogen-bond acceptors (Lipinski definition) is 3. The molecule has 0 unspecified atom stereocenters. The predicted octanol–water partition coefficient (Wildman–Crippen LogP) is 0.636. The molecule has 0 radical (unpaired) electrons. The van der Waals surface area contributed by atoms with Crippen molar-refractivity contribution in [1.82, 2.24) is 20.3 Å². The van der Waals surface area contributed by atoms with E-state index in [0.29, 0.717) is 12.5 Å². The highest BCUT2D eigenvalue weighted by Gasteiger charge is 2.09. The van der Waals surface area contributed by atoms with Crippen LogP contribution in [0, 0.1) is 0 Å². The smallest absolute Gasteiger partial charge is 0.189 e. The monoisotopic (exact) mass is 338 g/mol. The van der Waals surface area contributed by atoms with Crippen LogP contribution in [0.2, 0.25) is 0 Å². The van der Waals surface area contributed by atoms with Gasteiger partial charge < -0.3 is 11.1 Å². The van der Waals surface area contributed by atoms with Crippen molar-refractivity contribution in [2.45, 2.75) is 32.9 Å². The zero-order valence-electron chi connectivity index (χ0n) is 10.1. The maximum Gasteiger partial charge on any atom is 0.189 e. The first-order valence-corrected chi connectivity index (χ1v) is 4.80. The summed E-state index contributed by atoms with van der Waals surface area (Å²) in [6.07, 6.45) is 1.67. The molecule has 0 atom stereocenters. The zero-order valence-corrected chi connectivity index (χ0v) is 12.4. The number of aliphatic imine (C=N–C) groups is 1. The van der Waals surface area contributed by atoms with Gasteiger partial charge in [0, 0.05) is 12.6 Å². The van der Waals surface area contributed by atoms with Gasteiger partial charge in [-0.3, -0.25) is 0 Å². The molecule has 0 aromatic carbocycles. The molecule has 3 N–H and O–H groups in total. The molecule has 16 heavy (non-hydrogen) atoms. The molecule has 0 saturated carbocycles. The van der Waals surface area contributed by atoms with E-state index in [0.717, 1.165) is 5.69 Å². The van der Waals surface area contributed by atoms with Crippen LogP contribution in [0.1, 0.15) is 26.5 Å². The first-order chi connectivity index (χ1) is 6.87. The summed E-state index contributed by atoms with van der Waals surface area (Å²) in [5.74, 6) is 0.424. The van der Waals surface area contributed by atoms with Gasteiger partial charge in [-0.15, -0.1) is 24.0 Å². The lowest BCUT2D eigenvalue weighted by atomic mass is 10.1. The molecule has 0 fully saturated rings. The average Bonchev–Trinajstić information content (AvgIpc) is 2.45. The van der Waals surface area contributed by atoms with E-state index in [1.54, 1.807) is 13.2 Å². The standard InChI is InChI=1S/C9H18N6.HI/c1-9(2,3)13-8(10)11-5-7-6-12-15(4)14-7;/h6H,5H2,1-4H3,(H3,10,11,13);1H. The minimum absolute atomic E-state index is 0. The molecule has 1 heterocycles. The van der Waals surface area contributed by atoms with Gasteiger partial charge in [0.1, 0.15) is 5.69 Å². The Balaban J connectivity index is 0.00000225. The topological polar surface area (TPSA) is 81.1 Å². The Morgan fingerprint density at radius 3 is 2.62 bits per heavy atom. The third-order valence-electron chi connectivity index (χ3n) is 1.56. The van der Waals surface area contributed by atoms with Crippen molar-refractivity contribution in [3.8, 4) is 0 Å². The summed E-state index contributed by atoms with van der Waals surface area (Å²) in [7, 11) is 1.77. The first kappa shape index (κ1) is 15.1. The maximum atomic E-state index is 5.70. The molecule has 92 valence electrons. The highest BCUT2D eigenvalue weighted by molar-refractivity contribution is 14.0. The molecule has 1 rings (SSSR count). The lowest BCUT2D eigenvalue weighted by molar-refractivity contribution is 0.508. The van der Waals surface area contributed by atoms with Gasteiger partial charge in [-0.1, -0.05) is 0 Å². The molecule has 0 aliphatic carbocycles. The van der Waals surface area contributed by atoms with Crippen LogP contribution in [-0.2, 0) is 13.6 Å². The third kappa shape index (κ3) is 5.89. The van der Waals surface area contributed by atoms with Gasteiger partial charge in [0.25, 0.3) is 0 Å². The van der Waals surface area contributed by atoms with Crippen LogP contribution < -0.4 is 11.1 Å². The Morgan fingerprint density at radius 1 is 1.56 bits per heavy atom. The van der Waals surface area contributed by atoms with E-state index in [2.05, 4.69) is 20.5 Å². The number of nitrogens with zero attached hydrogens (tertiary/aromatic N) is 4. The Labute approximate surface area is 113 Å². The highest BCUT2D eigenvalue weighted by atomic mass is 127. The lowest BCUT2D eigenvalue weighted by Gasteiger charge is -2.20. The number of hydrogen-bond donors (Lipinski definition) is 2. The fourth-order valence-corrected chi connectivity index (χ4v) is 1.05. The molecular formula is C9H19IN6. The van der Waals surface area contributed by atoms with Crippen LogP contribution in [0.5, 0.6) is 0 Å². The molecule has 0 spiro atoms. The molecule has 0 bridgehead atoms. The minimum Gasteiger partial charge on any atom is -0.370 e. The molecule has 1 aromatic heterocycles. The Morgan fingerprint density at radius 2 is 2.19 bits per heavy atom. The van der Waals surface area contributed by atoms with Gasteiger partial charge in [0.15, 0.2) is 5.96 Å². The van der Waals surface area contributed by atoms with Gasteiger partial charge in [0.2, 0.25) is 0 Å². The number of guanidine groups is 1. The molecular weight excluding hydrogens is 319 g/mol. The van der Waals surface area contributed by atoms with Crippen LogP contribution >= 0.6 is 24.0 Å². The second-order valence-electron chi connectivity index (χ2n) is 4.40. The summed E-state index contributed by atoms with van der Waals surface area (Å²) in [5, 5.41) is 11.1. The van der Waals surface area contributed by atoms with E-state index in [4.69, 9.17) is 5.73 Å². The fourth-order valence-electron chi connectivity index (χ4n) is 1.05. The summed E-state index contributed by atoms with van der Waals surface area (Å²) >= 11 is 0. The molecule has 0 amide bonds. The second-order valence-corrected chi connectivity index (χ2v) is 4.40. The molecule has 0 saturated heterocycles. The molecule has 7 heteroatoms. The van der Waals surface area contributed by atoms with Crippen molar-refractivity contribution < 1.29 is 0 Å². The Bertz CT molecular complexity index is 351. The summed E-state index contributed by atoms with van der Waals surface area (Å²) in [4.78, 5) is 5.66. The van der Waals surface area contributed by atoms with Gasteiger partial charge in [0.05, 0.1) is 12.7 Å². The van der Waals surface area contributed by atoms with Gasteiger partial charge in [-0.2, -0.15) is 15.0 Å². The van der Waals surface area contributed by atoms with Crippen molar-refractivity contribution >= 4 is 29.9 Å². The van der Waals surface area contributed by atoms with E-state index in [-0.39, 0.29) is 29.5 Å². The quantitative estimate of drug-likeness (QED) is 0.471. The van der Waals surface area contributed by atoms with Crippen molar-refractivity contribution in [3.63, 3.8) is 0 Å². The number of halogens is 1. The maximum absolute atomic E-state index is 5.70. The van der Waals surface area contributed by atoms with Crippen LogP contribution in [0.4, 0.5) is 0 Å². The van der Waals surface area contributed by atoms with Crippen molar-refractivity contribution in [2.75, 3.05) is 0 Å². The molecule has 1 aromatic rings. The number of nitrogens with two attached hydrogens (primary N) is 1. The van der Waals surface area contributed by atoms with Gasteiger partial charge in [-0.05, 0) is 20.8 Å². The Hall–Kier alpha value is -0.860. The van der Waals surface area contributed by atoms with E-state index in [9.17, 15) is 0 Å². The summed E-state index contributed by atoms with van der Waals surface area (Å²) in [6, 6.07) is 0. The number of nitrogens with one attached hydrogen (secondary N) is 1. The lowest BCUT2D eigenvalue weighted by Crippen LogP contribution is -2.44. The second kappa shape index (κ2) is 6.02. The van der Waals surface area contributed by atoms with Crippen molar-refractivity contribution in [3.05, 3.63) is 11.9 Å². The average molecular weight is 338 g/mol. The predicted molar refractivity (Wildman–Crippen MR) is 74.6 cm³/mol. The van der Waals surface area contributed by atoms with E-state index < -0.39 is 0 Å². The zero-order chi connectivity index (χ0) is 11.5. The first-order valence-electron chi connectivity index (χ1n) is 4.80. The van der Waals surface area contributed by atoms with Crippen LogP contribution in [0.25, 0.3) is 0 Å². The number of aromatic nitrogens is 3. The van der Waals surface area contributed by atoms with E-state index in [1.165, 1.54) is 4.80 Å². The van der Waals surface area contributed by atoms with E-state index >= 15 is 0 Å². The fraction of sp³-hybridized carbons (Fsp3) is 0.667. The molecule has 6 nitrogen and oxygen atoms in total. The third-order valence-corrected chi connectivity index (χ3v) is 1.56. The SMILES string of the molecule is Cn1ncc(CN=C(N)NC(C)(C)C)n1.I. The number of rotatable bonds is 2. The van der Waals surface area contributed by atoms with Crippen LogP contribution in [-0.4, -0.2) is 26.5 Å². The largest absolute Gasteiger partial charge is 0.370 e. The number of aryl methyl sites for hydroxylation is 1. The summed E-state index contributed by atoms with van der Waals surface area (Å²) < 4.78 is 0.